The van der Waals surface area contributed by atoms with Crippen molar-refractivity contribution >= 4 is 29.5 Å². The molecule has 0 radical (unpaired) electrons. The van der Waals surface area contributed by atoms with Gasteiger partial charge < -0.3 is 4.74 Å². The largest absolute Gasteiger partial charge is 0.402 e. The molecule has 0 saturated carbocycles. The molecular weight excluding hydrogens is 324 g/mol. The number of benzene rings is 2. The van der Waals surface area contributed by atoms with Gasteiger partial charge in [-0.15, -0.1) is 0 Å². The number of halogens is 3. The second-order valence-electron chi connectivity index (χ2n) is 4.99. The SMILES string of the molecule is Cc1ccc(/C=C2\N=C(c3cc(F)c(F)cc3Cl)OC2=O)cc1. The molecule has 6 heteroatoms. The van der Waals surface area contributed by atoms with Crippen molar-refractivity contribution in [1.82, 2.24) is 0 Å². The summed E-state index contributed by atoms with van der Waals surface area (Å²) in [5.74, 6) is -3.02. The van der Waals surface area contributed by atoms with Crippen LogP contribution < -0.4 is 0 Å². The Balaban J connectivity index is 1.98. The van der Waals surface area contributed by atoms with E-state index in [4.69, 9.17) is 16.3 Å². The highest BCUT2D eigenvalue weighted by atomic mass is 35.5. The third kappa shape index (κ3) is 3.14. The van der Waals surface area contributed by atoms with Gasteiger partial charge in [0.15, 0.2) is 17.3 Å². The van der Waals surface area contributed by atoms with Crippen LogP contribution in [0.15, 0.2) is 47.1 Å². The summed E-state index contributed by atoms with van der Waals surface area (Å²) in [4.78, 5) is 15.9. The van der Waals surface area contributed by atoms with Crippen molar-refractivity contribution in [3.05, 3.63) is 75.4 Å². The van der Waals surface area contributed by atoms with E-state index in [1.54, 1.807) is 6.08 Å². The molecule has 0 saturated heterocycles. The lowest BCUT2D eigenvalue weighted by atomic mass is 10.1. The summed E-state index contributed by atoms with van der Waals surface area (Å²) in [5, 5.41) is -0.0907. The molecule has 2 aromatic rings. The Hall–Kier alpha value is -2.53. The van der Waals surface area contributed by atoms with Gasteiger partial charge >= 0.3 is 5.97 Å². The van der Waals surface area contributed by atoms with Crippen LogP contribution in [-0.2, 0) is 9.53 Å². The van der Waals surface area contributed by atoms with Crippen LogP contribution in [0.4, 0.5) is 8.78 Å². The van der Waals surface area contributed by atoms with E-state index in [1.807, 2.05) is 31.2 Å². The molecule has 2 aromatic carbocycles. The molecule has 0 atom stereocenters. The van der Waals surface area contributed by atoms with Crippen LogP contribution in [-0.4, -0.2) is 11.9 Å². The molecule has 1 aliphatic rings. The number of nitrogens with zero attached hydrogens (tertiary/aromatic N) is 1. The van der Waals surface area contributed by atoms with Gasteiger partial charge in [-0.05, 0) is 30.7 Å². The van der Waals surface area contributed by atoms with Crippen molar-refractivity contribution in [2.45, 2.75) is 6.92 Å². The van der Waals surface area contributed by atoms with Gasteiger partial charge in [0.25, 0.3) is 0 Å². The Morgan fingerprint density at radius 3 is 2.48 bits per heavy atom. The van der Waals surface area contributed by atoms with Gasteiger partial charge in [0.2, 0.25) is 5.90 Å². The minimum atomic E-state index is -1.10. The molecule has 1 heterocycles. The topological polar surface area (TPSA) is 38.7 Å². The maximum atomic E-state index is 13.3. The minimum Gasteiger partial charge on any atom is -0.402 e. The summed E-state index contributed by atoms with van der Waals surface area (Å²) in [6, 6.07) is 9.09. The molecule has 0 bridgehead atoms. The Morgan fingerprint density at radius 1 is 1.13 bits per heavy atom. The highest BCUT2D eigenvalue weighted by Crippen LogP contribution is 2.25. The zero-order chi connectivity index (χ0) is 16.6. The highest BCUT2D eigenvalue weighted by molar-refractivity contribution is 6.34. The fraction of sp³-hybridized carbons (Fsp3) is 0.0588. The molecule has 3 rings (SSSR count). The van der Waals surface area contributed by atoms with Gasteiger partial charge in [0.05, 0.1) is 10.6 Å². The first kappa shape index (κ1) is 15.4. The molecule has 0 aliphatic carbocycles. The monoisotopic (exact) mass is 333 g/mol. The van der Waals surface area contributed by atoms with Crippen LogP contribution in [0.5, 0.6) is 0 Å². The van der Waals surface area contributed by atoms with Gasteiger partial charge in [-0.1, -0.05) is 41.4 Å². The first-order valence-corrected chi connectivity index (χ1v) is 7.06. The number of esters is 1. The summed E-state index contributed by atoms with van der Waals surface area (Å²) in [6.07, 6.45) is 1.54. The van der Waals surface area contributed by atoms with Gasteiger partial charge in [-0.2, -0.15) is 0 Å². The lowest BCUT2D eigenvalue weighted by molar-refractivity contribution is -0.129. The van der Waals surface area contributed by atoms with Crippen molar-refractivity contribution < 1.29 is 18.3 Å². The van der Waals surface area contributed by atoms with Crippen LogP contribution in [0.3, 0.4) is 0 Å². The Bertz CT molecular complexity index is 858. The third-order valence-electron chi connectivity index (χ3n) is 3.24. The summed E-state index contributed by atoms with van der Waals surface area (Å²) in [5.41, 5.74) is 1.93. The van der Waals surface area contributed by atoms with Crippen molar-refractivity contribution in [1.29, 1.82) is 0 Å². The Kier molecular flexibility index (Phi) is 3.96. The average molecular weight is 334 g/mol. The summed E-state index contributed by atoms with van der Waals surface area (Å²) < 4.78 is 31.5. The number of carbonyl (C=O) groups is 1. The van der Waals surface area contributed by atoms with E-state index >= 15 is 0 Å². The van der Waals surface area contributed by atoms with E-state index < -0.39 is 17.6 Å². The van der Waals surface area contributed by atoms with Gasteiger partial charge in [0, 0.05) is 0 Å². The van der Waals surface area contributed by atoms with Crippen molar-refractivity contribution in [3.63, 3.8) is 0 Å². The molecule has 116 valence electrons. The number of rotatable bonds is 2. The number of cyclic esters (lactones) is 1. The number of aliphatic imine (C=N–C) groups is 1. The van der Waals surface area contributed by atoms with Gasteiger partial charge in [-0.25, -0.2) is 18.6 Å². The van der Waals surface area contributed by atoms with Gasteiger partial charge in [0.1, 0.15) is 0 Å². The lowest BCUT2D eigenvalue weighted by Gasteiger charge is -2.03. The summed E-state index contributed by atoms with van der Waals surface area (Å²) in [7, 11) is 0. The standard InChI is InChI=1S/C17H10ClF2NO2/c1-9-2-4-10(5-3-9)6-15-17(22)23-16(21-15)11-7-13(19)14(20)8-12(11)18/h2-8H,1H3/b15-6-. The molecule has 0 unspecified atom stereocenters. The molecule has 0 spiro atoms. The van der Waals surface area contributed by atoms with Crippen molar-refractivity contribution in [3.8, 4) is 0 Å². The zero-order valence-corrected chi connectivity index (χ0v) is 12.7. The average Bonchev–Trinajstić information content (AvgIpc) is 2.86. The molecule has 23 heavy (non-hydrogen) atoms. The van der Waals surface area contributed by atoms with E-state index in [0.29, 0.717) is 0 Å². The maximum Gasteiger partial charge on any atom is 0.363 e. The van der Waals surface area contributed by atoms with Gasteiger partial charge in [-0.3, -0.25) is 0 Å². The Morgan fingerprint density at radius 2 is 1.78 bits per heavy atom. The van der Waals surface area contributed by atoms with Crippen LogP contribution in [0, 0.1) is 18.6 Å². The van der Waals surface area contributed by atoms with Crippen molar-refractivity contribution in [2.24, 2.45) is 4.99 Å². The molecule has 0 fully saturated rings. The van der Waals surface area contributed by atoms with Crippen molar-refractivity contribution in [2.75, 3.05) is 0 Å². The second kappa shape index (κ2) is 5.93. The molecule has 1 aliphatic heterocycles. The minimum absolute atomic E-state index is 0.0197. The highest BCUT2D eigenvalue weighted by Gasteiger charge is 2.26. The van der Waals surface area contributed by atoms with E-state index in [2.05, 4.69) is 4.99 Å². The van der Waals surface area contributed by atoms with Crippen LogP contribution in [0.1, 0.15) is 16.7 Å². The first-order chi connectivity index (χ1) is 10.9. The first-order valence-electron chi connectivity index (χ1n) is 6.68. The lowest BCUT2D eigenvalue weighted by Crippen LogP contribution is -2.07. The number of carbonyl (C=O) groups excluding carboxylic acids is 1. The number of hydrogen-bond donors (Lipinski definition) is 0. The number of ether oxygens (including phenoxy) is 1. The molecular formula is C17H10ClF2NO2. The van der Waals surface area contributed by atoms with Crippen LogP contribution in [0.2, 0.25) is 5.02 Å². The molecule has 3 nitrogen and oxygen atoms in total. The van der Waals surface area contributed by atoms with E-state index in [1.165, 1.54) is 0 Å². The maximum absolute atomic E-state index is 13.3. The molecule has 0 aromatic heterocycles. The van der Waals surface area contributed by atoms with E-state index in [-0.39, 0.29) is 22.2 Å². The van der Waals surface area contributed by atoms with Crippen LogP contribution in [0.25, 0.3) is 6.08 Å². The van der Waals surface area contributed by atoms with Crippen LogP contribution >= 0.6 is 11.6 Å². The third-order valence-corrected chi connectivity index (χ3v) is 3.55. The predicted molar refractivity (Wildman–Crippen MR) is 83.2 cm³/mol. The fourth-order valence-electron chi connectivity index (χ4n) is 2.03. The Labute approximate surface area is 135 Å². The normalized spacial score (nSPS) is 15.7. The number of aryl methyl sites for hydroxylation is 1. The number of hydrogen-bond acceptors (Lipinski definition) is 3. The zero-order valence-electron chi connectivity index (χ0n) is 11.9. The summed E-state index contributed by atoms with van der Waals surface area (Å²) >= 11 is 5.86. The quantitative estimate of drug-likeness (QED) is 0.467. The van der Waals surface area contributed by atoms with E-state index in [0.717, 1.165) is 23.3 Å². The summed E-state index contributed by atoms with van der Waals surface area (Å²) in [6.45, 7) is 1.95. The second-order valence-corrected chi connectivity index (χ2v) is 5.40. The smallest absolute Gasteiger partial charge is 0.363 e. The predicted octanol–water partition coefficient (Wildman–Crippen LogP) is 4.27. The fourth-order valence-corrected chi connectivity index (χ4v) is 2.26. The molecule has 0 N–H and O–H groups in total. The van der Waals surface area contributed by atoms with E-state index in [9.17, 15) is 13.6 Å². The molecule has 0 amide bonds.